The standard InChI is InChI=1S/C17H22N2/c1-3-18-16-11-15(13-8-4-5-9-13)19-17-12(2)7-6-10-14(16)17/h6-7,10-11,13H,3-5,8-9H2,1-2H3,(H,18,19). The van der Waals surface area contributed by atoms with Crippen LogP contribution in [-0.4, -0.2) is 11.5 Å². The molecule has 100 valence electrons. The molecule has 2 nitrogen and oxygen atoms in total. The van der Waals surface area contributed by atoms with Crippen LogP contribution in [0.4, 0.5) is 5.69 Å². The molecule has 1 heterocycles. The topological polar surface area (TPSA) is 24.9 Å². The molecule has 2 aromatic rings. The molecule has 0 unspecified atom stereocenters. The van der Waals surface area contributed by atoms with Gasteiger partial charge in [0.2, 0.25) is 0 Å². The van der Waals surface area contributed by atoms with Gasteiger partial charge in [0.25, 0.3) is 0 Å². The Morgan fingerprint density at radius 3 is 2.79 bits per heavy atom. The molecule has 2 heteroatoms. The average Bonchev–Trinajstić information content (AvgIpc) is 2.94. The Morgan fingerprint density at radius 1 is 1.26 bits per heavy atom. The Hall–Kier alpha value is -1.57. The van der Waals surface area contributed by atoms with Crippen LogP contribution in [0.2, 0.25) is 0 Å². The second kappa shape index (κ2) is 5.20. The van der Waals surface area contributed by atoms with Crippen LogP contribution in [0.3, 0.4) is 0 Å². The summed E-state index contributed by atoms with van der Waals surface area (Å²) >= 11 is 0. The summed E-state index contributed by atoms with van der Waals surface area (Å²) in [6.45, 7) is 5.26. The summed E-state index contributed by atoms with van der Waals surface area (Å²) in [4.78, 5) is 4.96. The molecule has 0 atom stereocenters. The van der Waals surface area contributed by atoms with Crippen molar-refractivity contribution in [1.82, 2.24) is 4.98 Å². The van der Waals surface area contributed by atoms with Crippen LogP contribution in [0.1, 0.15) is 49.8 Å². The summed E-state index contributed by atoms with van der Waals surface area (Å²) in [7, 11) is 0. The highest BCUT2D eigenvalue weighted by atomic mass is 14.9. The molecule has 1 N–H and O–H groups in total. The highest BCUT2D eigenvalue weighted by molar-refractivity contribution is 5.93. The normalized spacial score (nSPS) is 16.1. The first-order chi connectivity index (χ1) is 9.29. The predicted molar refractivity (Wildman–Crippen MR) is 81.9 cm³/mol. The highest BCUT2D eigenvalue weighted by Crippen LogP contribution is 2.36. The number of nitrogens with zero attached hydrogens (tertiary/aromatic N) is 1. The SMILES string of the molecule is CCNc1cc(C2CCCC2)nc2c(C)cccc12. The molecule has 1 aromatic carbocycles. The fourth-order valence-corrected chi connectivity index (χ4v) is 3.18. The Labute approximate surface area is 115 Å². The van der Waals surface area contributed by atoms with Crippen LogP contribution in [0, 0.1) is 6.92 Å². The molecule has 0 radical (unpaired) electrons. The largest absolute Gasteiger partial charge is 0.385 e. The van der Waals surface area contributed by atoms with Gasteiger partial charge in [0, 0.05) is 29.2 Å². The maximum absolute atomic E-state index is 4.96. The maximum atomic E-state index is 4.96. The fraction of sp³-hybridized carbons (Fsp3) is 0.471. The predicted octanol–water partition coefficient (Wildman–Crippen LogP) is 4.63. The molecule has 19 heavy (non-hydrogen) atoms. The Kier molecular flexibility index (Phi) is 3.41. The third-order valence-electron chi connectivity index (χ3n) is 4.20. The summed E-state index contributed by atoms with van der Waals surface area (Å²) in [6, 6.07) is 8.73. The first-order valence-corrected chi connectivity index (χ1v) is 7.43. The number of pyridine rings is 1. The second-order valence-electron chi connectivity index (χ2n) is 5.58. The van der Waals surface area contributed by atoms with Crippen LogP contribution in [0.5, 0.6) is 0 Å². The first-order valence-electron chi connectivity index (χ1n) is 7.43. The van der Waals surface area contributed by atoms with E-state index in [-0.39, 0.29) is 0 Å². The molecule has 1 fully saturated rings. The van der Waals surface area contributed by atoms with Crippen LogP contribution in [-0.2, 0) is 0 Å². The van der Waals surface area contributed by atoms with Gasteiger partial charge in [0.05, 0.1) is 5.52 Å². The van der Waals surface area contributed by atoms with Crippen molar-refractivity contribution < 1.29 is 0 Å². The molecule has 0 amide bonds. The van der Waals surface area contributed by atoms with Gasteiger partial charge in [-0.2, -0.15) is 0 Å². The van der Waals surface area contributed by atoms with E-state index in [0.717, 1.165) is 6.54 Å². The van der Waals surface area contributed by atoms with E-state index in [9.17, 15) is 0 Å². The summed E-state index contributed by atoms with van der Waals surface area (Å²) < 4.78 is 0. The molecule has 0 saturated heterocycles. The smallest absolute Gasteiger partial charge is 0.0755 e. The van der Waals surface area contributed by atoms with E-state index < -0.39 is 0 Å². The zero-order valence-electron chi connectivity index (χ0n) is 11.9. The molecule has 1 aliphatic carbocycles. The quantitative estimate of drug-likeness (QED) is 0.863. The van der Waals surface area contributed by atoms with E-state index in [4.69, 9.17) is 4.98 Å². The number of hydrogen-bond acceptors (Lipinski definition) is 2. The van der Waals surface area contributed by atoms with E-state index in [2.05, 4.69) is 43.4 Å². The van der Waals surface area contributed by atoms with Crippen molar-refractivity contribution in [3.8, 4) is 0 Å². The van der Waals surface area contributed by atoms with Crippen molar-refractivity contribution in [2.24, 2.45) is 0 Å². The summed E-state index contributed by atoms with van der Waals surface area (Å²) in [5.41, 5.74) is 4.98. The minimum Gasteiger partial charge on any atom is -0.385 e. The number of nitrogens with one attached hydrogen (secondary N) is 1. The van der Waals surface area contributed by atoms with Gasteiger partial charge >= 0.3 is 0 Å². The monoisotopic (exact) mass is 254 g/mol. The van der Waals surface area contributed by atoms with E-state index in [1.807, 2.05) is 0 Å². The lowest BCUT2D eigenvalue weighted by molar-refractivity contribution is 0.701. The molecule has 0 aliphatic heterocycles. The minimum atomic E-state index is 0.668. The fourth-order valence-electron chi connectivity index (χ4n) is 3.18. The maximum Gasteiger partial charge on any atom is 0.0755 e. The molecular weight excluding hydrogens is 232 g/mol. The minimum absolute atomic E-state index is 0.668. The van der Waals surface area contributed by atoms with Gasteiger partial charge in [0.1, 0.15) is 0 Å². The summed E-state index contributed by atoms with van der Waals surface area (Å²) in [5.74, 6) is 0.668. The molecule has 1 saturated carbocycles. The van der Waals surface area contributed by atoms with Gasteiger partial charge in [-0.3, -0.25) is 4.98 Å². The van der Waals surface area contributed by atoms with Gasteiger partial charge in [-0.05, 0) is 38.3 Å². The van der Waals surface area contributed by atoms with Crippen molar-refractivity contribution >= 4 is 16.6 Å². The number of anilines is 1. The number of para-hydroxylation sites is 1. The van der Waals surface area contributed by atoms with Crippen LogP contribution in [0.25, 0.3) is 10.9 Å². The lowest BCUT2D eigenvalue weighted by Crippen LogP contribution is -2.03. The first kappa shape index (κ1) is 12.5. The lowest BCUT2D eigenvalue weighted by Gasteiger charge is -2.15. The third kappa shape index (κ3) is 2.32. The van der Waals surface area contributed by atoms with Crippen molar-refractivity contribution in [2.75, 3.05) is 11.9 Å². The van der Waals surface area contributed by atoms with Crippen molar-refractivity contribution in [1.29, 1.82) is 0 Å². The van der Waals surface area contributed by atoms with E-state index >= 15 is 0 Å². The zero-order valence-corrected chi connectivity index (χ0v) is 11.9. The molecular formula is C17H22N2. The number of aromatic nitrogens is 1. The van der Waals surface area contributed by atoms with Crippen molar-refractivity contribution in [3.05, 3.63) is 35.5 Å². The van der Waals surface area contributed by atoms with E-state index in [1.54, 1.807) is 0 Å². The van der Waals surface area contributed by atoms with Crippen molar-refractivity contribution in [3.63, 3.8) is 0 Å². The van der Waals surface area contributed by atoms with Crippen molar-refractivity contribution in [2.45, 2.75) is 45.4 Å². The zero-order chi connectivity index (χ0) is 13.2. The number of fused-ring (bicyclic) bond motifs is 1. The Bertz CT molecular complexity index is 583. The van der Waals surface area contributed by atoms with Crippen LogP contribution < -0.4 is 5.32 Å². The van der Waals surface area contributed by atoms with E-state index in [0.29, 0.717) is 5.92 Å². The molecule has 0 bridgehead atoms. The Balaban J connectivity index is 2.16. The summed E-state index contributed by atoms with van der Waals surface area (Å²) in [6.07, 6.45) is 5.31. The number of rotatable bonds is 3. The van der Waals surface area contributed by atoms with Crippen LogP contribution in [0.15, 0.2) is 24.3 Å². The van der Waals surface area contributed by atoms with Gasteiger partial charge in [-0.15, -0.1) is 0 Å². The number of hydrogen-bond donors (Lipinski definition) is 1. The lowest BCUT2D eigenvalue weighted by atomic mass is 10.00. The van der Waals surface area contributed by atoms with Gasteiger partial charge in [-0.25, -0.2) is 0 Å². The van der Waals surface area contributed by atoms with Gasteiger partial charge in [-0.1, -0.05) is 31.0 Å². The summed E-state index contributed by atoms with van der Waals surface area (Å²) in [5, 5.41) is 4.75. The average molecular weight is 254 g/mol. The molecule has 0 spiro atoms. The van der Waals surface area contributed by atoms with Gasteiger partial charge < -0.3 is 5.32 Å². The molecule has 1 aliphatic rings. The van der Waals surface area contributed by atoms with E-state index in [1.165, 1.54) is 53.5 Å². The molecule has 1 aromatic heterocycles. The molecule has 3 rings (SSSR count). The number of benzene rings is 1. The van der Waals surface area contributed by atoms with Crippen LogP contribution >= 0.6 is 0 Å². The van der Waals surface area contributed by atoms with Gasteiger partial charge in [0.15, 0.2) is 0 Å². The Morgan fingerprint density at radius 2 is 2.05 bits per heavy atom. The third-order valence-corrected chi connectivity index (χ3v) is 4.20. The highest BCUT2D eigenvalue weighted by Gasteiger charge is 2.20. The second-order valence-corrected chi connectivity index (χ2v) is 5.58. The number of aryl methyl sites for hydroxylation is 1.